The van der Waals surface area contributed by atoms with Crippen LogP contribution in [0.2, 0.25) is 0 Å². The van der Waals surface area contributed by atoms with Crippen molar-refractivity contribution in [1.82, 2.24) is 14.8 Å². The van der Waals surface area contributed by atoms with Crippen molar-refractivity contribution in [3.8, 4) is 17.1 Å². The van der Waals surface area contributed by atoms with E-state index in [-0.39, 0.29) is 5.75 Å². The first-order valence-electron chi connectivity index (χ1n) is 9.74. The van der Waals surface area contributed by atoms with Crippen molar-refractivity contribution in [2.75, 3.05) is 10.6 Å². The van der Waals surface area contributed by atoms with Gasteiger partial charge in [0.1, 0.15) is 11.6 Å². The topological polar surface area (TPSA) is 64.0 Å². The Bertz CT molecular complexity index is 1020. The summed E-state index contributed by atoms with van der Waals surface area (Å²) in [4.78, 5) is 0. The van der Waals surface area contributed by atoms with Crippen molar-refractivity contribution in [1.29, 1.82) is 0 Å². The van der Waals surface area contributed by atoms with Crippen LogP contribution < -0.4 is 15.4 Å². The van der Waals surface area contributed by atoms with Gasteiger partial charge in [-0.15, -0.1) is 10.2 Å². The van der Waals surface area contributed by atoms with E-state index in [9.17, 15) is 8.78 Å². The lowest BCUT2D eigenvalue weighted by Gasteiger charge is -2.13. The Balaban J connectivity index is 1.43. The molecule has 0 saturated heterocycles. The number of halogens is 2. The van der Waals surface area contributed by atoms with Crippen molar-refractivity contribution in [3.05, 3.63) is 54.4 Å². The van der Waals surface area contributed by atoms with Gasteiger partial charge in [-0.2, -0.15) is 8.78 Å². The molecule has 4 rings (SSSR count). The number of anilines is 2. The van der Waals surface area contributed by atoms with Crippen LogP contribution in [0, 0.1) is 0 Å². The molecule has 0 bridgehead atoms. The Hall–Kier alpha value is -3.07. The number of alkyl halides is 2. The number of nitrogens with zero attached hydrogens (tertiary/aromatic N) is 3. The third kappa shape index (κ3) is 4.91. The number of thiocarbonyl (C=S) groups is 1. The fourth-order valence-corrected chi connectivity index (χ4v) is 3.68. The molecular formula is C21H21F2N5OS. The molecule has 2 N–H and O–H groups in total. The molecule has 9 heteroatoms. The summed E-state index contributed by atoms with van der Waals surface area (Å²) in [6.45, 7) is -1.92. The van der Waals surface area contributed by atoms with E-state index in [1.165, 1.54) is 18.6 Å². The van der Waals surface area contributed by atoms with Gasteiger partial charge in [0.2, 0.25) is 0 Å². The van der Waals surface area contributed by atoms with Crippen molar-refractivity contribution in [3.63, 3.8) is 0 Å². The average molecular weight is 429 g/mol. The zero-order valence-corrected chi connectivity index (χ0v) is 17.0. The van der Waals surface area contributed by atoms with Crippen molar-refractivity contribution < 1.29 is 13.5 Å². The van der Waals surface area contributed by atoms with Crippen LogP contribution in [0.1, 0.15) is 25.1 Å². The highest BCUT2D eigenvalue weighted by Crippen LogP contribution is 2.25. The van der Waals surface area contributed by atoms with Crippen molar-refractivity contribution in [2.45, 2.75) is 38.8 Å². The van der Waals surface area contributed by atoms with Crippen LogP contribution >= 0.6 is 12.2 Å². The van der Waals surface area contributed by atoms with E-state index in [1.54, 1.807) is 12.1 Å². The zero-order chi connectivity index (χ0) is 20.9. The first-order valence-corrected chi connectivity index (χ1v) is 10.1. The Morgan fingerprint density at radius 3 is 2.60 bits per heavy atom. The molecule has 0 atom stereocenters. The predicted octanol–water partition coefficient (Wildman–Crippen LogP) is 5.08. The normalized spacial score (nSPS) is 13.4. The first-order chi connectivity index (χ1) is 14.6. The maximum atomic E-state index is 12.2. The fraction of sp³-hybridized carbons (Fsp3) is 0.286. The second-order valence-corrected chi connectivity index (χ2v) is 7.37. The third-order valence-corrected chi connectivity index (χ3v) is 5.03. The minimum atomic E-state index is -2.85. The van der Waals surface area contributed by atoms with Gasteiger partial charge in [0, 0.05) is 29.9 Å². The molecule has 0 aliphatic carbocycles. The Morgan fingerprint density at radius 2 is 1.80 bits per heavy atom. The number of hydrogen-bond acceptors (Lipinski definition) is 4. The van der Waals surface area contributed by atoms with Gasteiger partial charge in [-0.3, -0.25) is 0 Å². The van der Waals surface area contributed by atoms with E-state index in [0.717, 1.165) is 48.7 Å². The minimum absolute atomic E-state index is 0.0922. The lowest BCUT2D eigenvalue weighted by molar-refractivity contribution is -0.0498. The Labute approximate surface area is 178 Å². The fourth-order valence-electron chi connectivity index (χ4n) is 3.45. The largest absolute Gasteiger partial charge is 0.435 e. The first kappa shape index (κ1) is 20.2. The van der Waals surface area contributed by atoms with Crippen molar-refractivity contribution >= 4 is 28.7 Å². The molecule has 2 aromatic carbocycles. The molecule has 1 aliphatic heterocycles. The van der Waals surface area contributed by atoms with E-state index in [1.807, 2.05) is 24.3 Å². The summed E-state index contributed by atoms with van der Waals surface area (Å²) in [5.74, 6) is 2.00. The van der Waals surface area contributed by atoms with Crippen LogP contribution in [-0.4, -0.2) is 26.5 Å². The summed E-state index contributed by atoms with van der Waals surface area (Å²) >= 11 is 5.37. The van der Waals surface area contributed by atoms with E-state index in [4.69, 9.17) is 12.2 Å². The number of nitrogens with one attached hydrogen (secondary N) is 2. The lowest BCUT2D eigenvalue weighted by Crippen LogP contribution is -2.19. The number of hydrogen-bond donors (Lipinski definition) is 2. The highest BCUT2D eigenvalue weighted by Gasteiger charge is 2.16. The average Bonchev–Trinajstić information content (AvgIpc) is 2.97. The van der Waals surface area contributed by atoms with E-state index in [0.29, 0.717) is 10.8 Å². The smallest absolute Gasteiger partial charge is 0.387 e. The molecule has 0 radical (unpaired) electrons. The molecule has 156 valence electrons. The monoisotopic (exact) mass is 429 g/mol. The van der Waals surface area contributed by atoms with Gasteiger partial charge < -0.3 is 19.9 Å². The molecule has 0 amide bonds. The summed E-state index contributed by atoms with van der Waals surface area (Å²) < 4.78 is 31.0. The maximum absolute atomic E-state index is 12.2. The van der Waals surface area contributed by atoms with Gasteiger partial charge in [0.25, 0.3) is 0 Å². The molecule has 0 unspecified atom stereocenters. The second-order valence-electron chi connectivity index (χ2n) is 6.96. The maximum Gasteiger partial charge on any atom is 0.387 e. The molecule has 0 saturated carbocycles. The van der Waals surface area contributed by atoms with Gasteiger partial charge in [-0.05, 0) is 61.5 Å². The molecule has 30 heavy (non-hydrogen) atoms. The van der Waals surface area contributed by atoms with Gasteiger partial charge >= 0.3 is 6.61 Å². The summed E-state index contributed by atoms with van der Waals surface area (Å²) in [5.41, 5.74) is 2.44. The van der Waals surface area contributed by atoms with Crippen LogP contribution in [0.3, 0.4) is 0 Å². The number of aromatic nitrogens is 3. The molecule has 1 aliphatic rings. The zero-order valence-electron chi connectivity index (χ0n) is 16.1. The minimum Gasteiger partial charge on any atom is -0.435 e. The highest BCUT2D eigenvalue weighted by atomic mass is 32.1. The number of ether oxygens (including phenoxy) is 1. The van der Waals surface area contributed by atoms with Crippen LogP contribution in [0.4, 0.5) is 20.2 Å². The van der Waals surface area contributed by atoms with Crippen molar-refractivity contribution in [2.24, 2.45) is 0 Å². The molecule has 3 aromatic rings. The van der Waals surface area contributed by atoms with Crippen LogP contribution in [0.5, 0.6) is 5.75 Å². The van der Waals surface area contributed by atoms with E-state index < -0.39 is 6.61 Å². The van der Waals surface area contributed by atoms with Gasteiger partial charge in [-0.25, -0.2) is 0 Å². The molecule has 0 fully saturated rings. The van der Waals surface area contributed by atoms with Gasteiger partial charge in [-0.1, -0.05) is 18.6 Å². The van der Waals surface area contributed by atoms with Crippen LogP contribution in [0.15, 0.2) is 48.5 Å². The summed E-state index contributed by atoms with van der Waals surface area (Å²) in [5, 5.41) is 15.3. The Morgan fingerprint density at radius 1 is 1.00 bits per heavy atom. The van der Waals surface area contributed by atoms with Crippen LogP contribution in [0.25, 0.3) is 11.4 Å². The summed E-state index contributed by atoms with van der Waals surface area (Å²) in [6.07, 6.45) is 4.44. The van der Waals surface area contributed by atoms with Crippen LogP contribution in [-0.2, 0) is 13.0 Å². The Kier molecular flexibility index (Phi) is 6.18. The lowest BCUT2D eigenvalue weighted by atomic mass is 10.2. The van der Waals surface area contributed by atoms with E-state index in [2.05, 4.69) is 30.1 Å². The number of aryl methyl sites for hydroxylation is 1. The quantitative estimate of drug-likeness (QED) is 0.552. The van der Waals surface area contributed by atoms with Gasteiger partial charge in [0.05, 0.1) is 0 Å². The van der Waals surface area contributed by atoms with Gasteiger partial charge in [0.15, 0.2) is 10.9 Å². The second kappa shape index (κ2) is 9.17. The number of fused-ring (bicyclic) bond motifs is 1. The number of benzene rings is 2. The highest BCUT2D eigenvalue weighted by molar-refractivity contribution is 7.80. The summed E-state index contributed by atoms with van der Waals surface area (Å²) in [7, 11) is 0. The standard InChI is InChI=1S/C21H21F2N5OS/c22-20(23)29-17-10-8-15(9-11-17)24-21(30)25-16-6-4-5-14(13-16)19-27-26-18-7-2-1-3-12-28(18)19/h4-6,8-11,13,20H,1-3,7,12H2,(H2,24,25,30). The SMILES string of the molecule is FC(F)Oc1ccc(NC(=S)Nc2cccc(-c3nnc4n3CCCCC4)c2)cc1. The number of rotatable bonds is 5. The molecular weight excluding hydrogens is 408 g/mol. The molecule has 6 nitrogen and oxygen atoms in total. The predicted molar refractivity (Wildman–Crippen MR) is 116 cm³/mol. The molecule has 0 spiro atoms. The molecule has 2 heterocycles. The van der Waals surface area contributed by atoms with E-state index >= 15 is 0 Å². The molecule has 1 aromatic heterocycles. The summed E-state index contributed by atoms with van der Waals surface area (Å²) in [6, 6.07) is 14.0. The third-order valence-electron chi connectivity index (χ3n) is 4.83.